The normalized spacial score (nSPS) is 10.9. The van der Waals surface area contributed by atoms with Gasteiger partial charge in [0.2, 0.25) is 0 Å². The standard InChI is InChI=1S/C23H14BrI2N3O4/c24-17-6-4-14(5-7-17)13-33-22-20(25)9-15(10-21(22)26)8-16(12-27)23(30)28-18-2-1-3-19(11-18)29(31)32/h1-11H,13H2,(H,28,30)/b16-8+. The first kappa shape index (κ1) is 25.1. The topological polar surface area (TPSA) is 105 Å². The molecule has 1 N–H and O–H groups in total. The number of carbonyl (C=O) groups is 1. The van der Waals surface area contributed by atoms with Crippen LogP contribution < -0.4 is 10.1 Å². The third-order valence-corrected chi connectivity index (χ3v) is 6.44. The number of carbonyl (C=O) groups excluding carboxylic acids is 1. The highest BCUT2D eigenvalue weighted by Gasteiger charge is 2.14. The molecule has 0 unspecified atom stereocenters. The number of nitrogens with zero attached hydrogens (tertiary/aromatic N) is 2. The lowest BCUT2D eigenvalue weighted by molar-refractivity contribution is -0.384. The summed E-state index contributed by atoms with van der Waals surface area (Å²) in [4.78, 5) is 22.9. The van der Waals surface area contributed by atoms with E-state index in [4.69, 9.17) is 4.74 Å². The van der Waals surface area contributed by atoms with Gasteiger partial charge in [-0.25, -0.2) is 0 Å². The van der Waals surface area contributed by atoms with E-state index in [0.717, 1.165) is 22.9 Å². The molecule has 0 aliphatic carbocycles. The van der Waals surface area contributed by atoms with E-state index in [9.17, 15) is 20.2 Å². The van der Waals surface area contributed by atoms with Crippen LogP contribution in [0, 0.1) is 28.6 Å². The summed E-state index contributed by atoms with van der Waals surface area (Å²) in [6.45, 7) is 0.406. The van der Waals surface area contributed by atoms with Crippen molar-refractivity contribution >= 4 is 84.5 Å². The quantitative estimate of drug-likeness (QED) is 0.0960. The molecule has 0 aliphatic rings. The molecule has 0 fully saturated rings. The second kappa shape index (κ2) is 11.6. The number of halogens is 3. The van der Waals surface area contributed by atoms with E-state index in [1.807, 2.05) is 42.5 Å². The largest absolute Gasteiger partial charge is 0.487 e. The molecule has 0 radical (unpaired) electrons. The summed E-state index contributed by atoms with van der Waals surface area (Å²) in [5.41, 5.74) is 1.63. The van der Waals surface area contributed by atoms with Crippen molar-refractivity contribution in [3.63, 3.8) is 0 Å². The van der Waals surface area contributed by atoms with Crippen LogP contribution in [0.1, 0.15) is 11.1 Å². The molecule has 0 atom stereocenters. The molecule has 3 aromatic carbocycles. The summed E-state index contributed by atoms with van der Waals surface area (Å²) < 4.78 is 8.65. The number of non-ortho nitro benzene ring substituents is 1. The van der Waals surface area contributed by atoms with Crippen LogP contribution >= 0.6 is 61.1 Å². The van der Waals surface area contributed by atoms with E-state index in [1.165, 1.54) is 30.3 Å². The lowest BCUT2D eigenvalue weighted by Gasteiger charge is -2.12. The van der Waals surface area contributed by atoms with Gasteiger partial charge in [-0.1, -0.05) is 34.1 Å². The molecule has 33 heavy (non-hydrogen) atoms. The Morgan fingerprint density at radius 1 is 1.15 bits per heavy atom. The zero-order chi connectivity index (χ0) is 24.0. The van der Waals surface area contributed by atoms with E-state index < -0.39 is 10.8 Å². The van der Waals surface area contributed by atoms with Crippen molar-refractivity contribution in [1.29, 1.82) is 5.26 Å². The number of nitriles is 1. The van der Waals surface area contributed by atoms with Gasteiger partial charge in [0.05, 0.1) is 12.1 Å². The van der Waals surface area contributed by atoms with Crippen molar-refractivity contribution in [2.24, 2.45) is 0 Å². The number of nitro benzene ring substituents is 1. The fraction of sp³-hybridized carbons (Fsp3) is 0.0435. The monoisotopic (exact) mass is 729 g/mol. The second-order valence-corrected chi connectivity index (χ2v) is 9.90. The smallest absolute Gasteiger partial charge is 0.271 e. The molecular weight excluding hydrogens is 716 g/mol. The Hall–Kier alpha value is -2.50. The number of amides is 1. The minimum atomic E-state index is -0.654. The maximum Gasteiger partial charge on any atom is 0.271 e. The minimum absolute atomic E-state index is 0.128. The predicted octanol–water partition coefficient (Wildman–Crippen LogP) is 6.69. The lowest BCUT2D eigenvalue weighted by Crippen LogP contribution is -2.13. The van der Waals surface area contributed by atoms with E-state index in [-0.39, 0.29) is 16.9 Å². The van der Waals surface area contributed by atoms with Gasteiger partial charge in [0.15, 0.2) is 0 Å². The highest BCUT2D eigenvalue weighted by Crippen LogP contribution is 2.31. The Balaban J connectivity index is 1.77. The molecule has 0 saturated carbocycles. The number of rotatable bonds is 7. The maximum atomic E-state index is 12.5. The van der Waals surface area contributed by atoms with E-state index in [0.29, 0.717) is 12.2 Å². The lowest BCUT2D eigenvalue weighted by atomic mass is 10.1. The van der Waals surface area contributed by atoms with Crippen molar-refractivity contribution in [2.75, 3.05) is 5.32 Å². The number of ether oxygens (including phenoxy) is 1. The van der Waals surface area contributed by atoms with Gasteiger partial charge in [0.25, 0.3) is 11.6 Å². The number of hydrogen-bond donors (Lipinski definition) is 1. The Kier molecular flexibility index (Phi) is 8.81. The van der Waals surface area contributed by atoms with Crippen molar-refractivity contribution in [1.82, 2.24) is 0 Å². The Morgan fingerprint density at radius 3 is 2.42 bits per heavy atom. The van der Waals surface area contributed by atoms with Crippen LogP contribution in [-0.2, 0) is 11.4 Å². The van der Waals surface area contributed by atoms with Crippen LogP contribution in [0.15, 0.2) is 70.7 Å². The van der Waals surface area contributed by atoms with Gasteiger partial charge in [-0.05, 0) is 92.7 Å². The third-order valence-electron chi connectivity index (χ3n) is 4.31. The van der Waals surface area contributed by atoms with E-state index in [1.54, 1.807) is 0 Å². The van der Waals surface area contributed by atoms with Crippen LogP contribution in [0.25, 0.3) is 6.08 Å². The highest BCUT2D eigenvalue weighted by atomic mass is 127. The average Bonchev–Trinajstić information content (AvgIpc) is 2.78. The molecule has 3 aromatic rings. The predicted molar refractivity (Wildman–Crippen MR) is 146 cm³/mol. The second-order valence-electron chi connectivity index (χ2n) is 6.66. The summed E-state index contributed by atoms with van der Waals surface area (Å²) >= 11 is 7.71. The fourth-order valence-electron chi connectivity index (χ4n) is 2.75. The zero-order valence-corrected chi connectivity index (χ0v) is 22.6. The first-order valence-corrected chi connectivity index (χ1v) is 12.3. The van der Waals surface area contributed by atoms with Gasteiger partial charge in [0, 0.05) is 22.3 Å². The third kappa shape index (κ3) is 6.99. The molecule has 0 heterocycles. The van der Waals surface area contributed by atoms with Gasteiger partial charge in [-0.3, -0.25) is 14.9 Å². The van der Waals surface area contributed by atoms with Crippen LogP contribution in [0.3, 0.4) is 0 Å². The molecule has 0 bridgehead atoms. The number of hydrogen-bond acceptors (Lipinski definition) is 5. The molecule has 166 valence electrons. The summed E-state index contributed by atoms with van der Waals surface area (Å²) in [6.07, 6.45) is 1.47. The first-order valence-electron chi connectivity index (χ1n) is 9.30. The molecule has 10 heteroatoms. The Morgan fingerprint density at radius 2 is 1.82 bits per heavy atom. The minimum Gasteiger partial charge on any atom is -0.487 e. The van der Waals surface area contributed by atoms with Gasteiger partial charge < -0.3 is 10.1 Å². The Labute approximate surface area is 225 Å². The van der Waals surface area contributed by atoms with Crippen LogP contribution in [0.2, 0.25) is 0 Å². The van der Waals surface area contributed by atoms with Gasteiger partial charge in [-0.2, -0.15) is 5.26 Å². The summed E-state index contributed by atoms with van der Waals surface area (Å²) in [5.74, 6) is 0.0643. The fourth-order valence-corrected chi connectivity index (χ4v) is 5.14. The van der Waals surface area contributed by atoms with Crippen LogP contribution in [0.4, 0.5) is 11.4 Å². The van der Waals surface area contributed by atoms with Crippen molar-refractivity contribution in [3.05, 3.63) is 99.1 Å². The molecule has 0 aliphatic heterocycles. The molecule has 0 aromatic heterocycles. The van der Waals surface area contributed by atoms with E-state index >= 15 is 0 Å². The summed E-state index contributed by atoms with van der Waals surface area (Å²) in [6, 6.07) is 18.9. The molecule has 3 rings (SSSR count). The van der Waals surface area contributed by atoms with Gasteiger partial charge >= 0.3 is 0 Å². The molecule has 7 nitrogen and oxygen atoms in total. The highest BCUT2D eigenvalue weighted by molar-refractivity contribution is 14.1. The van der Waals surface area contributed by atoms with Crippen molar-refractivity contribution in [2.45, 2.75) is 6.61 Å². The van der Waals surface area contributed by atoms with Gasteiger partial charge in [-0.15, -0.1) is 0 Å². The average molecular weight is 730 g/mol. The molecule has 0 saturated heterocycles. The number of benzene rings is 3. The summed E-state index contributed by atoms with van der Waals surface area (Å²) in [7, 11) is 0. The van der Waals surface area contributed by atoms with Crippen LogP contribution in [-0.4, -0.2) is 10.8 Å². The molecule has 1 amide bonds. The van der Waals surface area contributed by atoms with Crippen LogP contribution in [0.5, 0.6) is 5.75 Å². The first-order chi connectivity index (χ1) is 15.8. The number of nitro groups is 1. The SMILES string of the molecule is N#C/C(=C\c1cc(I)c(OCc2ccc(Br)cc2)c(I)c1)C(=O)Nc1cccc([N+](=O)[O-])c1. The zero-order valence-electron chi connectivity index (χ0n) is 16.7. The number of anilines is 1. The summed E-state index contributed by atoms with van der Waals surface area (Å²) in [5, 5.41) is 22.9. The van der Waals surface area contributed by atoms with Crippen molar-refractivity contribution in [3.8, 4) is 11.8 Å². The maximum absolute atomic E-state index is 12.5. The Bertz CT molecular complexity index is 1260. The van der Waals surface area contributed by atoms with Gasteiger partial charge in [0.1, 0.15) is 24.0 Å². The molecular formula is C23H14BrI2N3O4. The number of nitrogens with one attached hydrogen (secondary N) is 1. The molecule has 0 spiro atoms. The van der Waals surface area contributed by atoms with Crippen molar-refractivity contribution < 1.29 is 14.5 Å². The van der Waals surface area contributed by atoms with E-state index in [2.05, 4.69) is 66.4 Å².